The minimum atomic E-state index is -0.261. The van der Waals surface area contributed by atoms with Crippen LogP contribution in [0.2, 0.25) is 0 Å². The van der Waals surface area contributed by atoms with Gasteiger partial charge < -0.3 is 24.0 Å². The summed E-state index contributed by atoms with van der Waals surface area (Å²) in [7, 11) is 1.53. The molecule has 4 rings (SSSR count). The van der Waals surface area contributed by atoms with Crippen LogP contribution in [-0.4, -0.2) is 82.0 Å². The van der Waals surface area contributed by atoms with Crippen LogP contribution >= 0.6 is 0 Å². The summed E-state index contributed by atoms with van der Waals surface area (Å²) in [6.07, 6.45) is 0. The molecule has 6 nitrogen and oxygen atoms in total. The van der Waals surface area contributed by atoms with Gasteiger partial charge in [-0.1, -0.05) is 12.1 Å². The molecule has 3 fully saturated rings. The van der Waals surface area contributed by atoms with E-state index in [1.165, 1.54) is 13.2 Å². The molecule has 0 radical (unpaired) electrons. The lowest BCUT2D eigenvalue weighted by molar-refractivity contribution is -0.136. The Bertz CT molecular complexity index is 680. The highest BCUT2D eigenvalue weighted by molar-refractivity contribution is 5.78. The van der Waals surface area contributed by atoms with Gasteiger partial charge in [0, 0.05) is 45.1 Å². The van der Waals surface area contributed by atoms with Gasteiger partial charge in [0.15, 0.2) is 0 Å². The number of carbonyl (C=O) groups excluding carboxylic acids is 1. The fraction of sp³-hybridized carbons (Fsp3) is 0.667. The Morgan fingerprint density at radius 3 is 2.71 bits per heavy atom. The lowest BCUT2D eigenvalue weighted by atomic mass is 9.89. The molecule has 1 amide bonds. The van der Waals surface area contributed by atoms with E-state index in [1.54, 1.807) is 12.1 Å². The van der Waals surface area contributed by atoms with E-state index in [9.17, 15) is 9.18 Å². The van der Waals surface area contributed by atoms with Crippen molar-refractivity contribution >= 4 is 5.91 Å². The van der Waals surface area contributed by atoms with E-state index in [0.29, 0.717) is 37.5 Å². The molecular weight excluding hydrogens is 363 g/mol. The van der Waals surface area contributed by atoms with Gasteiger partial charge in [0.05, 0.1) is 32.5 Å². The van der Waals surface area contributed by atoms with Gasteiger partial charge in [-0.25, -0.2) is 4.39 Å². The van der Waals surface area contributed by atoms with Gasteiger partial charge in [-0.15, -0.1) is 0 Å². The van der Waals surface area contributed by atoms with E-state index in [1.807, 2.05) is 11.0 Å². The average Bonchev–Trinajstić information content (AvgIpc) is 3.09. The van der Waals surface area contributed by atoms with Crippen molar-refractivity contribution < 1.29 is 23.4 Å². The van der Waals surface area contributed by atoms with Crippen LogP contribution in [0.1, 0.15) is 11.6 Å². The van der Waals surface area contributed by atoms with Crippen LogP contribution in [0.15, 0.2) is 24.3 Å². The molecule has 0 unspecified atom stereocenters. The second-order valence-electron chi connectivity index (χ2n) is 8.14. The van der Waals surface area contributed by atoms with Gasteiger partial charge in [-0.2, -0.15) is 0 Å². The van der Waals surface area contributed by atoms with E-state index >= 15 is 0 Å². The van der Waals surface area contributed by atoms with E-state index < -0.39 is 0 Å². The molecule has 0 bridgehead atoms. The summed E-state index contributed by atoms with van der Waals surface area (Å²) in [4.78, 5) is 17.0. The number of rotatable bonds is 5. The molecule has 1 aromatic rings. The molecule has 3 saturated heterocycles. The monoisotopic (exact) mass is 392 g/mol. The largest absolute Gasteiger partial charge is 0.379 e. The third kappa shape index (κ3) is 4.22. The first-order valence-electron chi connectivity index (χ1n) is 10.1. The maximum absolute atomic E-state index is 13.9. The zero-order valence-electron chi connectivity index (χ0n) is 16.4. The summed E-state index contributed by atoms with van der Waals surface area (Å²) in [6.45, 7) is 6.35. The molecule has 3 aliphatic rings. The molecule has 3 atom stereocenters. The Morgan fingerprint density at radius 2 is 2.00 bits per heavy atom. The minimum absolute atomic E-state index is 0.0247. The number of halogens is 1. The number of fused-ring (bicyclic) bond motifs is 1. The standard InChI is InChI=1S/C21H29FN2O4/c1-26-14-20(25)24-10-17-9-23(8-15-12-27-5-6-28-13-15)11-19(17)21(24)16-3-2-4-18(22)7-16/h2-4,7,15,17,19,21H,5-6,8-14H2,1H3/t17-,19-,21+/m1/s1. The van der Waals surface area contributed by atoms with Gasteiger partial charge in [0.25, 0.3) is 0 Å². The number of benzene rings is 1. The topological polar surface area (TPSA) is 51.2 Å². The Balaban J connectivity index is 1.49. The van der Waals surface area contributed by atoms with Gasteiger partial charge >= 0.3 is 0 Å². The summed E-state index contributed by atoms with van der Waals surface area (Å²) >= 11 is 0. The van der Waals surface area contributed by atoms with Crippen molar-refractivity contribution in [3.05, 3.63) is 35.6 Å². The highest BCUT2D eigenvalue weighted by atomic mass is 19.1. The number of likely N-dealkylation sites (tertiary alicyclic amines) is 2. The fourth-order valence-corrected chi connectivity index (χ4v) is 5.00. The first-order valence-corrected chi connectivity index (χ1v) is 10.1. The highest BCUT2D eigenvalue weighted by Gasteiger charge is 2.49. The maximum Gasteiger partial charge on any atom is 0.249 e. The smallest absolute Gasteiger partial charge is 0.249 e. The third-order valence-electron chi connectivity index (χ3n) is 6.11. The van der Waals surface area contributed by atoms with Gasteiger partial charge in [0.1, 0.15) is 12.4 Å². The van der Waals surface area contributed by atoms with Crippen LogP contribution in [0.25, 0.3) is 0 Å². The predicted octanol–water partition coefficient (Wildman–Crippen LogP) is 1.57. The molecule has 0 aromatic heterocycles. The zero-order chi connectivity index (χ0) is 19.5. The Labute approximate surface area is 165 Å². The van der Waals surface area contributed by atoms with E-state index in [2.05, 4.69) is 4.90 Å². The summed E-state index contributed by atoms with van der Waals surface area (Å²) < 4.78 is 30.2. The van der Waals surface area contributed by atoms with Crippen LogP contribution in [0, 0.1) is 23.6 Å². The Kier molecular flexibility index (Phi) is 6.25. The number of ether oxygens (including phenoxy) is 3. The summed E-state index contributed by atoms with van der Waals surface area (Å²) in [5.74, 6) is 0.781. The minimum Gasteiger partial charge on any atom is -0.379 e. The summed E-state index contributed by atoms with van der Waals surface area (Å²) in [5, 5.41) is 0. The summed E-state index contributed by atoms with van der Waals surface area (Å²) in [6, 6.07) is 6.57. The van der Waals surface area contributed by atoms with Crippen LogP contribution in [0.4, 0.5) is 4.39 Å². The molecule has 3 heterocycles. The molecule has 0 N–H and O–H groups in total. The zero-order valence-corrected chi connectivity index (χ0v) is 16.4. The predicted molar refractivity (Wildman–Crippen MR) is 101 cm³/mol. The van der Waals surface area contributed by atoms with E-state index in [4.69, 9.17) is 14.2 Å². The SMILES string of the molecule is COCC(=O)N1C[C@H]2CN(CC3COCCOC3)C[C@H]2[C@@H]1c1cccc(F)c1. The molecule has 154 valence electrons. The first-order chi connectivity index (χ1) is 13.7. The normalized spacial score (nSPS) is 29.1. The Morgan fingerprint density at radius 1 is 1.21 bits per heavy atom. The second-order valence-corrected chi connectivity index (χ2v) is 8.14. The quantitative estimate of drug-likeness (QED) is 0.761. The molecule has 28 heavy (non-hydrogen) atoms. The van der Waals surface area contributed by atoms with Crippen molar-refractivity contribution in [3.8, 4) is 0 Å². The van der Waals surface area contributed by atoms with E-state index in [-0.39, 0.29) is 24.4 Å². The molecule has 0 saturated carbocycles. The lowest BCUT2D eigenvalue weighted by Gasteiger charge is -2.30. The first kappa shape index (κ1) is 19.8. The van der Waals surface area contributed by atoms with Crippen LogP contribution < -0.4 is 0 Å². The third-order valence-corrected chi connectivity index (χ3v) is 6.11. The number of hydrogen-bond acceptors (Lipinski definition) is 5. The van der Waals surface area contributed by atoms with Crippen molar-refractivity contribution in [2.24, 2.45) is 17.8 Å². The van der Waals surface area contributed by atoms with Gasteiger partial charge in [-0.3, -0.25) is 4.79 Å². The number of amides is 1. The number of methoxy groups -OCH3 is 1. The van der Waals surface area contributed by atoms with Crippen molar-refractivity contribution in [1.29, 1.82) is 0 Å². The van der Waals surface area contributed by atoms with Gasteiger partial charge in [0.2, 0.25) is 5.91 Å². The van der Waals surface area contributed by atoms with Crippen LogP contribution in [0.5, 0.6) is 0 Å². The molecule has 0 aliphatic carbocycles. The molecule has 7 heteroatoms. The van der Waals surface area contributed by atoms with Crippen molar-refractivity contribution in [2.45, 2.75) is 6.04 Å². The van der Waals surface area contributed by atoms with Gasteiger partial charge in [-0.05, 0) is 23.6 Å². The molecular formula is C21H29FN2O4. The molecule has 0 spiro atoms. The lowest BCUT2D eigenvalue weighted by Crippen LogP contribution is -2.39. The van der Waals surface area contributed by atoms with Crippen molar-refractivity contribution in [1.82, 2.24) is 9.80 Å². The second kappa shape index (κ2) is 8.86. The summed E-state index contributed by atoms with van der Waals surface area (Å²) in [5.41, 5.74) is 0.875. The van der Waals surface area contributed by atoms with Crippen LogP contribution in [-0.2, 0) is 19.0 Å². The fourth-order valence-electron chi connectivity index (χ4n) is 5.00. The maximum atomic E-state index is 13.9. The number of carbonyl (C=O) groups is 1. The Hall–Kier alpha value is -1.54. The average molecular weight is 392 g/mol. The molecule has 3 aliphatic heterocycles. The van der Waals surface area contributed by atoms with E-state index in [0.717, 1.165) is 38.4 Å². The highest BCUT2D eigenvalue weighted by Crippen LogP contribution is 2.45. The number of nitrogens with zero attached hydrogens (tertiary/aromatic N) is 2. The van der Waals surface area contributed by atoms with Crippen molar-refractivity contribution in [2.75, 3.05) is 66.3 Å². The van der Waals surface area contributed by atoms with Crippen molar-refractivity contribution in [3.63, 3.8) is 0 Å². The van der Waals surface area contributed by atoms with Crippen LogP contribution in [0.3, 0.4) is 0 Å². The molecule has 1 aromatic carbocycles. The number of hydrogen-bond donors (Lipinski definition) is 0.